The molecule has 0 aliphatic carbocycles. The third-order valence-electron chi connectivity index (χ3n) is 3.62. The zero-order valence-electron chi connectivity index (χ0n) is 13.7. The van der Waals surface area contributed by atoms with E-state index in [9.17, 15) is 8.42 Å². The summed E-state index contributed by atoms with van der Waals surface area (Å²) in [5.74, 6) is 0.987. The van der Waals surface area contributed by atoms with Crippen molar-refractivity contribution >= 4 is 15.7 Å². The van der Waals surface area contributed by atoms with E-state index in [1.807, 2.05) is 31.2 Å². The van der Waals surface area contributed by atoms with E-state index in [1.165, 1.54) is 25.6 Å². The lowest BCUT2D eigenvalue weighted by atomic mass is 10.2. The lowest BCUT2D eigenvalue weighted by Crippen LogP contribution is -2.27. The van der Waals surface area contributed by atoms with E-state index in [2.05, 4.69) is 0 Å². The number of benzene rings is 2. The topological polar surface area (TPSA) is 55.8 Å². The molecular weight excluding hydrogens is 314 g/mol. The van der Waals surface area contributed by atoms with Gasteiger partial charge >= 0.3 is 0 Å². The quantitative estimate of drug-likeness (QED) is 0.814. The Morgan fingerprint density at radius 3 is 2.13 bits per heavy atom. The highest BCUT2D eigenvalue weighted by Crippen LogP contribution is 2.32. The highest BCUT2D eigenvalue weighted by molar-refractivity contribution is 7.92. The Morgan fingerprint density at radius 2 is 1.57 bits per heavy atom. The molecule has 0 aliphatic rings. The van der Waals surface area contributed by atoms with Crippen molar-refractivity contribution < 1.29 is 17.9 Å². The average molecular weight is 335 g/mol. The van der Waals surface area contributed by atoms with Crippen LogP contribution in [0.25, 0.3) is 0 Å². The maximum atomic E-state index is 12.6. The molecule has 0 heterocycles. The molecule has 0 saturated heterocycles. The maximum absolute atomic E-state index is 12.6. The van der Waals surface area contributed by atoms with Gasteiger partial charge in [0.25, 0.3) is 0 Å². The van der Waals surface area contributed by atoms with Crippen molar-refractivity contribution in [3.05, 3.63) is 53.6 Å². The fourth-order valence-corrected chi connectivity index (χ4v) is 3.42. The summed E-state index contributed by atoms with van der Waals surface area (Å²) in [7, 11) is 1.10. The Bertz CT molecular complexity index is 770. The van der Waals surface area contributed by atoms with Crippen molar-refractivity contribution in [1.29, 1.82) is 0 Å². The van der Waals surface area contributed by atoms with Crippen molar-refractivity contribution in [3.63, 3.8) is 0 Å². The first-order valence-electron chi connectivity index (χ1n) is 7.11. The number of rotatable bonds is 6. The molecule has 6 heteroatoms. The van der Waals surface area contributed by atoms with E-state index < -0.39 is 10.0 Å². The number of aryl methyl sites for hydroxylation is 1. The number of nitrogens with zero attached hydrogens (tertiary/aromatic N) is 1. The second-order valence-corrected chi connectivity index (χ2v) is 7.25. The van der Waals surface area contributed by atoms with Gasteiger partial charge in [-0.2, -0.15) is 0 Å². The molecule has 2 aromatic rings. The molecule has 0 atom stereocenters. The van der Waals surface area contributed by atoms with Crippen LogP contribution in [0.5, 0.6) is 11.5 Å². The summed E-state index contributed by atoms with van der Waals surface area (Å²) in [6, 6.07) is 12.5. The third kappa shape index (κ3) is 3.96. The molecule has 0 N–H and O–H groups in total. The minimum atomic E-state index is -3.49. The van der Waals surface area contributed by atoms with E-state index in [-0.39, 0.29) is 5.75 Å². The predicted molar refractivity (Wildman–Crippen MR) is 91.8 cm³/mol. The van der Waals surface area contributed by atoms with Gasteiger partial charge in [-0.1, -0.05) is 29.8 Å². The van der Waals surface area contributed by atoms with Gasteiger partial charge in [0.15, 0.2) is 11.5 Å². The van der Waals surface area contributed by atoms with E-state index >= 15 is 0 Å². The van der Waals surface area contributed by atoms with Crippen LogP contribution in [0.3, 0.4) is 0 Å². The van der Waals surface area contributed by atoms with Gasteiger partial charge in [0.2, 0.25) is 10.0 Å². The summed E-state index contributed by atoms with van der Waals surface area (Å²) in [6.07, 6.45) is 0. The molecule has 2 aromatic carbocycles. The van der Waals surface area contributed by atoms with Gasteiger partial charge in [0, 0.05) is 13.1 Å². The van der Waals surface area contributed by atoms with Crippen LogP contribution in [0.1, 0.15) is 11.1 Å². The van der Waals surface area contributed by atoms with Crippen molar-refractivity contribution in [1.82, 2.24) is 0 Å². The van der Waals surface area contributed by atoms with Gasteiger partial charge in [-0.05, 0) is 24.6 Å². The zero-order valence-corrected chi connectivity index (χ0v) is 14.6. The minimum absolute atomic E-state index is 0.0574. The number of anilines is 1. The summed E-state index contributed by atoms with van der Waals surface area (Å²) < 4.78 is 36.8. The highest BCUT2D eigenvalue weighted by atomic mass is 32.2. The molecule has 0 fully saturated rings. The summed E-state index contributed by atoms with van der Waals surface area (Å²) in [5.41, 5.74) is 2.37. The Labute approximate surface area is 137 Å². The van der Waals surface area contributed by atoms with Crippen LogP contribution in [0.4, 0.5) is 5.69 Å². The fourth-order valence-electron chi connectivity index (χ4n) is 2.17. The Kier molecular flexibility index (Phi) is 5.15. The van der Waals surface area contributed by atoms with Crippen LogP contribution in [-0.4, -0.2) is 29.7 Å². The zero-order chi connectivity index (χ0) is 17.0. The molecule has 2 rings (SSSR count). The molecule has 23 heavy (non-hydrogen) atoms. The standard InChI is InChI=1S/C17H21NO4S/c1-13-5-7-14(8-6-13)12-23(19,20)18(2)15-9-10-16(21-3)17(11-15)22-4/h5-11H,12H2,1-4H3. The van der Waals surface area contributed by atoms with Crippen LogP contribution in [0.15, 0.2) is 42.5 Å². The Morgan fingerprint density at radius 1 is 0.957 bits per heavy atom. The molecule has 0 unspecified atom stereocenters. The SMILES string of the molecule is COc1ccc(N(C)S(=O)(=O)Cc2ccc(C)cc2)cc1OC. The van der Waals surface area contributed by atoms with Crippen LogP contribution < -0.4 is 13.8 Å². The van der Waals surface area contributed by atoms with Gasteiger partial charge in [0.1, 0.15) is 0 Å². The predicted octanol–water partition coefficient (Wildman–Crippen LogP) is 2.98. The van der Waals surface area contributed by atoms with Crippen LogP contribution in [0.2, 0.25) is 0 Å². The normalized spacial score (nSPS) is 11.1. The smallest absolute Gasteiger partial charge is 0.239 e. The van der Waals surface area contributed by atoms with Crippen molar-refractivity contribution in [2.24, 2.45) is 0 Å². The molecule has 0 bridgehead atoms. The second kappa shape index (κ2) is 6.91. The van der Waals surface area contributed by atoms with Crippen molar-refractivity contribution in [2.75, 3.05) is 25.6 Å². The van der Waals surface area contributed by atoms with Crippen LogP contribution in [0, 0.1) is 6.92 Å². The fraction of sp³-hybridized carbons (Fsp3) is 0.294. The highest BCUT2D eigenvalue weighted by Gasteiger charge is 2.20. The molecule has 124 valence electrons. The Balaban J connectivity index is 2.27. The lowest BCUT2D eigenvalue weighted by molar-refractivity contribution is 0.355. The summed E-state index contributed by atoms with van der Waals surface area (Å²) in [5, 5.41) is 0. The third-order valence-corrected chi connectivity index (χ3v) is 5.36. The minimum Gasteiger partial charge on any atom is -0.493 e. The second-order valence-electron chi connectivity index (χ2n) is 5.25. The molecule has 0 radical (unpaired) electrons. The van der Waals surface area contributed by atoms with E-state index in [1.54, 1.807) is 18.2 Å². The van der Waals surface area contributed by atoms with Gasteiger partial charge in [0.05, 0.1) is 25.7 Å². The molecule has 0 aliphatic heterocycles. The first kappa shape index (κ1) is 17.1. The largest absolute Gasteiger partial charge is 0.493 e. The van der Waals surface area contributed by atoms with Crippen LogP contribution >= 0.6 is 0 Å². The van der Waals surface area contributed by atoms with E-state index in [0.29, 0.717) is 17.2 Å². The van der Waals surface area contributed by atoms with Gasteiger partial charge in [-0.3, -0.25) is 4.31 Å². The number of ether oxygens (including phenoxy) is 2. The van der Waals surface area contributed by atoms with Crippen LogP contribution in [-0.2, 0) is 15.8 Å². The molecular formula is C17H21NO4S. The molecule has 0 saturated carbocycles. The van der Waals surface area contributed by atoms with E-state index in [0.717, 1.165) is 11.1 Å². The first-order chi connectivity index (χ1) is 10.9. The maximum Gasteiger partial charge on any atom is 0.239 e. The monoisotopic (exact) mass is 335 g/mol. The van der Waals surface area contributed by atoms with Crippen molar-refractivity contribution in [3.8, 4) is 11.5 Å². The number of methoxy groups -OCH3 is 2. The molecule has 0 aromatic heterocycles. The summed E-state index contributed by atoms with van der Waals surface area (Å²) >= 11 is 0. The molecule has 0 amide bonds. The Hall–Kier alpha value is -2.21. The molecule has 0 spiro atoms. The number of hydrogen-bond acceptors (Lipinski definition) is 4. The van der Waals surface area contributed by atoms with Crippen molar-refractivity contribution in [2.45, 2.75) is 12.7 Å². The van der Waals surface area contributed by atoms with Gasteiger partial charge in [-0.25, -0.2) is 8.42 Å². The average Bonchev–Trinajstić information content (AvgIpc) is 2.55. The van der Waals surface area contributed by atoms with E-state index in [4.69, 9.17) is 9.47 Å². The van der Waals surface area contributed by atoms with Gasteiger partial charge < -0.3 is 9.47 Å². The number of hydrogen-bond donors (Lipinski definition) is 0. The first-order valence-corrected chi connectivity index (χ1v) is 8.72. The molecule has 5 nitrogen and oxygen atoms in total. The summed E-state index contributed by atoms with van der Waals surface area (Å²) in [4.78, 5) is 0. The number of sulfonamides is 1. The lowest BCUT2D eigenvalue weighted by Gasteiger charge is -2.21. The summed E-state index contributed by atoms with van der Waals surface area (Å²) in [6.45, 7) is 1.97. The van der Waals surface area contributed by atoms with Gasteiger partial charge in [-0.15, -0.1) is 0 Å².